The van der Waals surface area contributed by atoms with Gasteiger partial charge < -0.3 is 10.2 Å². The van der Waals surface area contributed by atoms with Crippen LogP contribution in [0.5, 0.6) is 0 Å². The number of hydrogen-bond donors (Lipinski definition) is 1. The maximum atomic E-state index is 12.9. The van der Waals surface area contributed by atoms with Crippen molar-refractivity contribution >= 4 is 17.7 Å². The average molecular weight is 360 g/mol. The molecule has 0 unspecified atom stereocenters. The van der Waals surface area contributed by atoms with Gasteiger partial charge in [0.1, 0.15) is 11.6 Å². The Labute approximate surface area is 157 Å². The number of anilines is 2. The maximum Gasteiger partial charge on any atom is 0.254 e. The smallest absolute Gasteiger partial charge is 0.254 e. The van der Waals surface area contributed by atoms with Crippen LogP contribution < -0.4 is 5.32 Å². The highest BCUT2D eigenvalue weighted by molar-refractivity contribution is 5.94. The van der Waals surface area contributed by atoms with Crippen LogP contribution in [0.25, 0.3) is 0 Å². The van der Waals surface area contributed by atoms with Crippen molar-refractivity contribution in [2.45, 2.75) is 25.8 Å². The second-order valence-electron chi connectivity index (χ2n) is 6.45. The molecule has 0 bridgehead atoms. The fourth-order valence-corrected chi connectivity index (χ4v) is 3.37. The first kappa shape index (κ1) is 17.1. The highest BCUT2D eigenvalue weighted by Gasteiger charge is 2.32. The number of nitrogens with zero attached hydrogens (tertiary/aromatic N) is 5. The predicted molar refractivity (Wildman–Crippen MR) is 102 cm³/mol. The third-order valence-corrected chi connectivity index (χ3v) is 4.54. The molecular weight excluding hydrogens is 340 g/mol. The van der Waals surface area contributed by atoms with E-state index in [-0.39, 0.29) is 11.9 Å². The van der Waals surface area contributed by atoms with Crippen LogP contribution in [-0.4, -0.2) is 37.3 Å². The van der Waals surface area contributed by atoms with Crippen molar-refractivity contribution in [2.75, 3.05) is 11.9 Å². The lowest BCUT2D eigenvalue weighted by Gasteiger charge is -2.25. The molecule has 27 heavy (non-hydrogen) atoms. The molecule has 3 heterocycles. The lowest BCUT2D eigenvalue weighted by molar-refractivity contribution is 0.0732. The molecule has 4 rings (SSSR count). The minimum Gasteiger partial charge on any atom is -0.330 e. The number of rotatable bonds is 4. The van der Waals surface area contributed by atoms with Crippen LogP contribution in [0.1, 0.15) is 40.8 Å². The fourth-order valence-electron chi connectivity index (χ4n) is 3.37. The molecule has 1 aliphatic heterocycles. The number of hydrogen-bond acceptors (Lipinski definition) is 6. The Morgan fingerprint density at radius 3 is 2.67 bits per heavy atom. The Kier molecular flexibility index (Phi) is 4.74. The van der Waals surface area contributed by atoms with Crippen LogP contribution in [0, 0.1) is 6.92 Å². The van der Waals surface area contributed by atoms with Crippen molar-refractivity contribution in [3.05, 3.63) is 71.9 Å². The summed E-state index contributed by atoms with van der Waals surface area (Å²) in [6.45, 7) is 2.57. The summed E-state index contributed by atoms with van der Waals surface area (Å²) in [7, 11) is 0. The van der Waals surface area contributed by atoms with Gasteiger partial charge in [0.25, 0.3) is 5.91 Å². The lowest BCUT2D eigenvalue weighted by atomic mass is 10.1. The van der Waals surface area contributed by atoms with E-state index < -0.39 is 0 Å². The van der Waals surface area contributed by atoms with E-state index in [4.69, 9.17) is 0 Å². The molecule has 1 aliphatic rings. The van der Waals surface area contributed by atoms with Gasteiger partial charge in [-0.05, 0) is 38.0 Å². The van der Waals surface area contributed by atoms with Gasteiger partial charge >= 0.3 is 0 Å². The summed E-state index contributed by atoms with van der Waals surface area (Å²) in [6.07, 6.45) is 5.18. The van der Waals surface area contributed by atoms with Crippen molar-refractivity contribution < 1.29 is 4.79 Å². The summed E-state index contributed by atoms with van der Waals surface area (Å²) in [4.78, 5) is 32.2. The highest BCUT2D eigenvalue weighted by atomic mass is 16.2. The molecule has 1 saturated heterocycles. The van der Waals surface area contributed by atoms with E-state index in [0.29, 0.717) is 23.2 Å². The molecular formula is C20H20N6O. The van der Waals surface area contributed by atoms with E-state index in [1.54, 1.807) is 18.5 Å². The van der Waals surface area contributed by atoms with E-state index in [9.17, 15) is 4.79 Å². The van der Waals surface area contributed by atoms with Gasteiger partial charge in [-0.1, -0.05) is 18.2 Å². The molecule has 0 radical (unpaired) electrons. The maximum absolute atomic E-state index is 12.9. The molecule has 1 fully saturated rings. The van der Waals surface area contributed by atoms with E-state index in [1.165, 1.54) is 0 Å². The Bertz CT molecular complexity index is 932. The molecule has 1 atom stereocenters. The fraction of sp³-hybridized carbons (Fsp3) is 0.250. The normalized spacial score (nSPS) is 16.3. The number of nitrogens with one attached hydrogen (secondary N) is 1. The molecule has 3 aromatic rings. The number of carbonyl (C=O) groups excluding carboxylic acids is 1. The minimum absolute atomic E-state index is 0.0373. The zero-order chi connectivity index (χ0) is 18.6. The Hall–Kier alpha value is -3.35. The van der Waals surface area contributed by atoms with Crippen molar-refractivity contribution in [1.29, 1.82) is 0 Å². The van der Waals surface area contributed by atoms with Gasteiger partial charge in [0.05, 0.1) is 11.7 Å². The summed E-state index contributed by atoms with van der Waals surface area (Å²) in [6, 6.07) is 13.0. The second kappa shape index (κ2) is 7.49. The molecule has 7 heteroatoms. The number of benzene rings is 1. The van der Waals surface area contributed by atoms with Crippen LogP contribution in [0.15, 0.2) is 54.9 Å². The Morgan fingerprint density at radius 1 is 1.11 bits per heavy atom. The van der Waals surface area contributed by atoms with Gasteiger partial charge in [-0.15, -0.1) is 0 Å². The number of likely N-dealkylation sites (tertiary alicyclic amines) is 1. The average Bonchev–Trinajstić information content (AvgIpc) is 3.18. The molecule has 136 valence electrons. The predicted octanol–water partition coefficient (Wildman–Crippen LogP) is 3.30. The number of amides is 1. The Morgan fingerprint density at radius 2 is 1.89 bits per heavy atom. The summed E-state index contributed by atoms with van der Waals surface area (Å²) < 4.78 is 0. The SMILES string of the molecule is Cc1nc(Nc2ncccn2)cc([C@@H]2CCCN2C(=O)c2ccccc2)n1. The first-order valence-corrected chi connectivity index (χ1v) is 8.96. The van der Waals surface area contributed by atoms with Crippen molar-refractivity contribution in [3.63, 3.8) is 0 Å². The lowest BCUT2D eigenvalue weighted by Crippen LogP contribution is -2.31. The van der Waals surface area contributed by atoms with Gasteiger partial charge in [0.2, 0.25) is 5.95 Å². The van der Waals surface area contributed by atoms with Gasteiger partial charge in [-0.25, -0.2) is 19.9 Å². The summed E-state index contributed by atoms with van der Waals surface area (Å²) in [5.41, 5.74) is 1.54. The molecule has 0 saturated carbocycles. The van der Waals surface area contributed by atoms with Crippen LogP contribution >= 0.6 is 0 Å². The monoisotopic (exact) mass is 360 g/mol. The van der Waals surface area contributed by atoms with Crippen molar-refractivity contribution in [3.8, 4) is 0 Å². The zero-order valence-electron chi connectivity index (χ0n) is 15.0. The van der Waals surface area contributed by atoms with E-state index in [2.05, 4.69) is 25.3 Å². The summed E-state index contributed by atoms with van der Waals surface area (Å²) >= 11 is 0. The van der Waals surface area contributed by atoms with E-state index in [0.717, 1.165) is 25.1 Å². The Balaban J connectivity index is 1.61. The van der Waals surface area contributed by atoms with Crippen molar-refractivity contribution in [1.82, 2.24) is 24.8 Å². The zero-order valence-corrected chi connectivity index (χ0v) is 15.0. The number of aryl methyl sites for hydroxylation is 1. The highest BCUT2D eigenvalue weighted by Crippen LogP contribution is 2.33. The third-order valence-electron chi connectivity index (χ3n) is 4.54. The first-order chi connectivity index (χ1) is 13.2. The molecule has 2 aromatic heterocycles. The van der Waals surface area contributed by atoms with Crippen LogP contribution in [0.4, 0.5) is 11.8 Å². The molecule has 1 aromatic carbocycles. The van der Waals surface area contributed by atoms with Gasteiger partial charge in [-0.2, -0.15) is 0 Å². The second-order valence-corrected chi connectivity index (χ2v) is 6.45. The molecule has 1 N–H and O–H groups in total. The third kappa shape index (κ3) is 3.76. The van der Waals surface area contributed by atoms with Crippen LogP contribution in [0.2, 0.25) is 0 Å². The molecule has 0 aliphatic carbocycles. The quantitative estimate of drug-likeness (QED) is 0.768. The number of aromatic nitrogens is 4. The number of carbonyl (C=O) groups is 1. The summed E-state index contributed by atoms with van der Waals surface area (Å²) in [5.74, 6) is 1.79. The molecule has 0 spiro atoms. The van der Waals surface area contributed by atoms with E-state index in [1.807, 2.05) is 48.2 Å². The first-order valence-electron chi connectivity index (χ1n) is 8.96. The summed E-state index contributed by atoms with van der Waals surface area (Å²) in [5, 5.41) is 3.11. The minimum atomic E-state index is -0.0587. The largest absolute Gasteiger partial charge is 0.330 e. The van der Waals surface area contributed by atoms with Gasteiger partial charge in [-0.3, -0.25) is 4.79 Å². The topological polar surface area (TPSA) is 83.9 Å². The van der Waals surface area contributed by atoms with Crippen molar-refractivity contribution in [2.24, 2.45) is 0 Å². The van der Waals surface area contributed by atoms with Gasteiger partial charge in [0, 0.05) is 30.6 Å². The van der Waals surface area contributed by atoms with Crippen LogP contribution in [-0.2, 0) is 0 Å². The van der Waals surface area contributed by atoms with Crippen LogP contribution in [0.3, 0.4) is 0 Å². The molecule has 7 nitrogen and oxygen atoms in total. The van der Waals surface area contributed by atoms with E-state index >= 15 is 0 Å². The standard InChI is InChI=1S/C20H20N6O/c1-14-23-16(13-18(24-14)25-20-21-10-6-11-22-20)17-9-5-12-26(17)19(27)15-7-3-2-4-8-15/h2-4,6-8,10-11,13,17H,5,9,12H2,1H3,(H,21,22,23,24,25)/t17-/m0/s1. The molecule has 1 amide bonds. The van der Waals surface area contributed by atoms with Gasteiger partial charge in [0.15, 0.2) is 0 Å².